The van der Waals surface area contributed by atoms with Crippen molar-refractivity contribution in [2.24, 2.45) is 10.9 Å². The van der Waals surface area contributed by atoms with Gasteiger partial charge >= 0.3 is 5.97 Å². The molecule has 6 heteroatoms. The van der Waals surface area contributed by atoms with Crippen LogP contribution in [0.2, 0.25) is 0 Å². The normalized spacial score (nSPS) is 23.3. The Morgan fingerprint density at radius 3 is 2.68 bits per heavy atom. The molecule has 3 rings (SSSR count). The number of aromatic nitrogens is 1. The van der Waals surface area contributed by atoms with Gasteiger partial charge in [-0.2, -0.15) is 0 Å². The number of aliphatic imine (C=N–C) groups is 1. The molecule has 0 aliphatic carbocycles. The summed E-state index contributed by atoms with van der Waals surface area (Å²) in [6.45, 7) is 5.56. The maximum atomic E-state index is 12.6. The summed E-state index contributed by atoms with van der Waals surface area (Å²) in [6.07, 6.45) is 4.46. The van der Waals surface area contributed by atoms with Crippen LogP contribution in [0.25, 0.3) is 0 Å². The summed E-state index contributed by atoms with van der Waals surface area (Å²) in [5.41, 5.74) is 2.21. The Hall–Kier alpha value is -2.89. The van der Waals surface area contributed by atoms with Gasteiger partial charge in [0, 0.05) is 31.5 Å². The Kier molecular flexibility index (Phi) is 6.63. The highest BCUT2D eigenvalue weighted by molar-refractivity contribution is 5.85. The minimum Gasteiger partial charge on any atom is -0.469 e. The second-order valence-electron chi connectivity index (χ2n) is 6.92. The lowest BCUT2D eigenvalue weighted by Crippen LogP contribution is -2.60. The van der Waals surface area contributed by atoms with E-state index in [2.05, 4.69) is 35.1 Å². The van der Waals surface area contributed by atoms with Crippen LogP contribution in [0.1, 0.15) is 31.0 Å². The number of pyridine rings is 1. The number of rotatable bonds is 6. The Bertz CT molecular complexity index is 795. The van der Waals surface area contributed by atoms with E-state index in [1.165, 1.54) is 7.11 Å². The molecule has 28 heavy (non-hydrogen) atoms. The Morgan fingerprint density at radius 2 is 2.04 bits per heavy atom. The van der Waals surface area contributed by atoms with Gasteiger partial charge in [-0.25, -0.2) is 0 Å². The minimum atomic E-state index is -0.315. The summed E-state index contributed by atoms with van der Waals surface area (Å²) in [5.74, 6) is 0.305. The zero-order valence-electron chi connectivity index (χ0n) is 16.7. The number of nitrogens with one attached hydrogen (secondary N) is 1. The van der Waals surface area contributed by atoms with Crippen LogP contribution in [0.4, 0.5) is 0 Å². The van der Waals surface area contributed by atoms with Crippen LogP contribution >= 0.6 is 0 Å². The third-order valence-corrected chi connectivity index (χ3v) is 5.28. The van der Waals surface area contributed by atoms with Gasteiger partial charge in [-0.05, 0) is 37.5 Å². The zero-order valence-corrected chi connectivity index (χ0v) is 16.7. The lowest BCUT2D eigenvalue weighted by atomic mass is 9.85. The van der Waals surface area contributed by atoms with Crippen LogP contribution in [0, 0.1) is 5.92 Å². The van der Waals surface area contributed by atoms with Crippen molar-refractivity contribution in [3.63, 3.8) is 0 Å². The number of carbonyl (C=O) groups is 1. The smallest absolute Gasteiger partial charge is 0.313 e. The predicted octanol–water partition coefficient (Wildman–Crippen LogP) is 2.82. The van der Waals surface area contributed by atoms with Gasteiger partial charge in [-0.15, -0.1) is 0 Å². The highest BCUT2D eigenvalue weighted by atomic mass is 16.5. The summed E-state index contributed by atoms with van der Waals surface area (Å²) in [6, 6.07) is 13.8. The van der Waals surface area contributed by atoms with E-state index in [1.807, 2.05) is 42.6 Å². The van der Waals surface area contributed by atoms with Crippen LogP contribution in [0.15, 0.2) is 59.9 Å². The third-order valence-electron chi connectivity index (χ3n) is 5.28. The molecule has 1 N–H and O–H groups in total. The fourth-order valence-electron chi connectivity index (χ4n) is 3.81. The fourth-order valence-corrected chi connectivity index (χ4v) is 3.81. The molecule has 0 radical (unpaired) electrons. The topological polar surface area (TPSA) is 66.8 Å². The standard InChI is InChI=1S/C22H28N4O2/c1-4-26-16(2)19(21(27)28-3)20(18-10-6-5-7-11-18)25-22(26)24-14-12-17-9-8-13-23-15-17/h5-11,13,15-16,19-20H,4,12,14H2,1-3H3,(H,24,25). The molecule has 0 saturated carbocycles. The first-order chi connectivity index (χ1) is 13.7. The molecular formula is C22H28N4O2. The van der Waals surface area contributed by atoms with E-state index in [0.717, 1.165) is 30.1 Å². The molecule has 3 atom stereocenters. The Balaban J connectivity index is 1.86. The number of nitrogens with zero attached hydrogens (tertiary/aromatic N) is 3. The van der Waals surface area contributed by atoms with E-state index >= 15 is 0 Å². The fraction of sp³-hybridized carbons (Fsp3) is 0.409. The summed E-state index contributed by atoms with van der Waals surface area (Å²) < 4.78 is 5.13. The van der Waals surface area contributed by atoms with Gasteiger partial charge in [0.15, 0.2) is 5.96 Å². The molecule has 1 saturated heterocycles. The number of methoxy groups -OCH3 is 1. The van der Waals surface area contributed by atoms with Gasteiger partial charge in [0.1, 0.15) is 5.92 Å². The average Bonchev–Trinajstić information content (AvgIpc) is 2.74. The van der Waals surface area contributed by atoms with Crippen LogP contribution in [-0.4, -0.2) is 48.1 Å². The van der Waals surface area contributed by atoms with E-state index in [0.29, 0.717) is 6.54 Å². The van der Waals surface area contributed by atoms with Gasteiger partial charge in [0.05, 0.1) is 13.2 Å². The van der Waals surface area contributed by atoms with Crippen molar-refractivity contribution in [2.45, 2.75) is 32.4 Å². The number of hydrogen-bond acceptors (Lipinski definition) is 4. The molecular weight excluding hydrogens is 352 g/mol. The number of hydrogen-bond donors (Lipinski definition) is 1. The predicted molar refractivity (Wildman–Crippen MR) is 110 cm³/mol. The van der Waals surface area contributed by atoms with Crippen molar-refractivity contribution >= 4 is 11.9 Å². The van der Waals surface area contributed by atoms with Crippen molar-refractivity contribution in [3.05, 3.63) is 66.0 Å². The maximum Gasteiger partial charge on any atom is 0.313 e. The van der Waals surface area contributed by atoms with E-state index in [9.17, 15) is 4.79 Å². The Morgan fingerprint density at radius 1 is 1.25 bits per heavy atom. The molecule has 1 aliphatic rings. The van der Waals surface area contributed by atoms with E-state index in [1.54, 1.807) is 6.20 Å². The molecule has 0 spiro atoms. The molecule has 2 aromatic rings. The van der Waals surface area contributed by atoms with Crippen molar-refractivity contribution in [1.82, 2.24) is 15.2 Å². The van der Waals surface area contributed by atoms with E-state index in [-0.39, 0.29) is 24.0 Å². The first-order valence-electron chi connectivity index (χ1n) is 9.75. The molecule has 148 valence electrons. The summed E-state index contributed by atoms with van der Waals surface area (Å²) in [4.78, 5) is 23.7. The largest absolute Gasteiger partial charge is 0.469 e. The lowest BCUT2D eigenvalue weighted by molar-refractivity contribution is -0.149. The number of ether oxygens (including phenoxy) is 1. The second kappa shape index (κ2) is 9.35. The van der Waals surface area contributed by atoms with Crippen molar-refractivity contribution in [1.29, 1.82) is 0 Å². The molecule has 2 heterocycles. The van der Waals surface area contributed by atoms with Gasteiger partial charge in [0.25, 0.3) is 0 Å². The second-order valence-corrected chi connectivity index (χ2v) is 6.92. The number of benzene rings is 1. The molecule has 6 nitrogen and oxygen atoms in total. The quantitative estimate of drug-likeness (QED) is 0.781. The molecule has 0 bridgehead atoms. The molecule has 1 aromatic heterocycles. The maximum absolute atomic E-state index is 12.6. The van der Waals surface area contributed by atoms with Gasteiger partial charge in [0.2, 0.25) is 0 Å². The molecule has 0 amide bonds. The van der Waals surface area contributed by atoms with E-state index < -0.39 is 0 Å². The minimum absolute atomic E-state index is 0.0268. The monoisotopic (exact) mass is 380 g/mol. The number of guanidine groups is 1. The number of esters is 1. The molecule has 3 unspecified atom stereocenters. The molecule has 1 aromatic carbocycles. The van der Waals surface area contributed by atoms with Crippen LogP contribution in [0.5, 0.6) is 0 Å². The average molecular weight is 380 g/mol. The van der Waals surface area contributed by atoms with Crippen LogP contribution < -0.4 is 5.32 Å². The van der Waals surface area contributed by atoms with Crippen molar-refractivity contribution in [3.8, 4) is 0 Å². The Labute approximate surface area is 166 Å². The highest BCUT2D eigenvalue weighted by Crippen LogP contribution is 2.32. The van der Waals surface area contributed by atoms with Crippen molar-refractivity contribution < 1.29 is 9.53 Å². The van der Waals surface area contributed by atoms with Crippen molar-refractivity contribution in [2.75, 3.05) is 20.2 Å². The summed E-state index contributed by atoms with van der Waals surface area (Å²) >= 11 is 0. The van der Waals surface area contributed by atoms with Crippen LogP contribution in [0.3, 0.4) is 0 Å². The summed E-state index contributed by atoms with van der Waals surface area (Å²) in [7, 11) is 1.45. The SMILES string of the molecule is CCN1C(=NCCc2cccnc2)NC(c2ccccc2)C(C(=O)OC)C1C. The highest BCUT2D eigenvalue weighted by Gasteiger charge is 2.43. The van der Waals surface area contributed by atoms with Gasteiger partial charge in [-0.3, -0.25) is 14.8 Å². The van der Waals surface area contributed by atoms with Crippen LogP contribution in [-0.2, 0) is 16.0 Å². The lowest BCUT2D eigenvalue weighted by Gasteiger charge is -2.45. The molecule has 1 fully saturated rings. The van der Waals surface area contributed by atoms with E-state index in [4.69, 9.17) is 9.73 Å². The van der Waals surface area contributed by atoms with Gasteiger partial charge < -0.3 is 15.0 Å². The molecule has 1 aliphatic heterocycles. The first-order valence-corrected chi connectivity index (χ1v) is 9.75. The third kappa shape index (κ3) is 4.32. The number of carbonyl (C=O) groups excluding carboxylic acids is 1. The van der Waals surface area contributed by atoms with Gasteiger partial charge in [-0.1, -0.05) is 36.4 Å². The summed E-state index contributed by atoms with van der Waals surface area (Å²) in [5, 5.41) is 3.51. The zero-order chi connectivity index (χ0) is 19.9. The first kappa shape index (κ1) is 19.9.